The summed E-state index contributed by atoms with van der Waals surface area (Å²) in [6.07, 6.45) is 3.11. The molecule has 17 heavy (non-hydrogen) atoms. The average molecular weight is 242 g/mol. The summed E-state index contributed by atoms with van der Waals surface area (Å²) in [5.74, 6) is -0.601. The van der Waals surface area contributed by atoms with Gasteiger partial charge in [0.2, 0.25) is 0 Å². The molecule has 1 fully saturated rings. The minimum absolute atomic E-state index is 0.152. The number of carboxylic acid groups (broad SMARTS) is 1. The topological polar surface area (TPSA) is 78.4 Å². The standard InChI is InChI=1S/C12H22N2O3/c1-9(3-4-10(15)16)7-13-11(17)14-8-12(2)5-6-12/h9H,3-8H2,1-2H3,(H,15,16)(H2,13,14,17). The summed E-state index contributed by atoms with van der Waals surface area (Å²) in [4.78, 5) is 21.8. The molecule has 1 atom stereocenters. The Labute approximate surface area is 102 Å². The molecule has 0 aliphatic heterocycles. The number of hydrogen-bond donors (Lipinski definition) is 3. The van der Waals surface area contributed by atoms with Gasteiger partial charge in [-0.05, 0) is 30.6 Å². The van der Waals surface area contributed by atoms with Crippen molar-refractivity contribution in [1.29, 1.82) is 0 Å². The maximum Gasteiger partial charge on any atom is 0.314 e. The van der Waals surface area contributed by atoms with E-state index < -0.39 is 5.97 Å². The number of urea groups is 1. The highest BCUT2D eigenvalue weighted by Gasteiger charge is 2.37. The maximum atomic E-state index is 11.4. The number of carboxylic acids is 1. The molecule has 1 aliphatic rings. The third-order valence-corrected chi connectivity index (χ3v) is 3.24. The molecular formula is C12H22N2O3. The van der Waals surface area contributed by atoms with Crippen LogP contribution in [0.3, 0.4) is 0 Å². The second-order valence-corrected chi connectivity index (χ2v) is 5.41. The highest BCUT2D eigenvalue weighted by atomic mass is 16.4. The molecule has 5 heteroatoms. The zero-order valence-corrected chi connectivity index (χ0v) is 10.6. The van der Waals surface area contributed by atoms with Crippen LogP contribution in [-0.4, -0.2) is 30.2 Å². The van der Waals surface area contributed by atoms with E-state index in [0.717, 1.165) is 6.54 Å². The monoisotopic (exact) mass is 242 g/mol. The average Bonchev–Trinajstić information content (AvgIpc) is 2.99. The van der Waals surface area contributed by atoms with Gasteiger partial charge < -0.3 is 15.7 Å². The minimum atomic E-state index is -0.789. The maximum absolute atomic E-state index is 11.4. The molecule has 5 nitrogen and oxygen atoms in total. The van der Waals surface area contributed by atoms with E-state index >= 15 is 0 Å². The van der Waals surface area contributed by atoms with Gasteiger partial charge in [-0.3, -0.25) is 4.79 Å². The van der Waals surface area contributed by atoms with E-state index in [1.165, 1.54) is 12.8 Å². The molecule has 2 amide bonds. The third-order valence-electron chi connectivity index (χ3n) is 3.24. The van der Waals surface area contributed by atoms with Gasteiger partial charge in [-0.1, -0.05) is 13.8 Å². The van der Waals surface area contributed by atoms with Crippen molar-refractivity contribution in [2.45, 2.75) is 39.5 Å². The van der Waals surface area contributed by atoms with Gasteiger partial charge in [0.1, 0.15) is 0 Å². The van der Waals surface area contributed by atoms with Crippen LogP contribution in [-0.2, 0) is 4.79 Å². The Morgan fingerprint density at radius 2 is 2.00 bits per heavy atom. The molecule has 1 saturated carbocycles. The summed E-state index contributed by atoms with van der Waals surface area (Å²) < 4.78 is 0. The van der Waals surface area contributed by atoms with Gasteiger partial charge >= 0.3 is 12.0 Å². The van der Waals surface area contributed by atoms with Crippen molar-refractivity contribution >= 4 is 12.0 Å². The summed E-state index contributed by atoms with van der Waals surface area (Å²) in [5.41, 5.74) is 0.312. The van der Waals surface area contributed by atoms with Gasteiger partial charge in [-0.25, -0.2) is 4.79 Å². The molecule has 0 aromatic carbocycles. The lowest BCUT2D eigenvalue weighted by Crippen LogP contribution is -2.40. The summed E-state index contributed by atoms with van der Waals surface area (Å²) in [5, 5.41) is 14.1. The Bertz CT molecular complexity index is 287. The Morgan fingerprint density at radius 1 is 1.35 bits per heavy atom. The van der Waals surface area contributed by atoms with Crippen molar-refractivity contribution in [3.05, 3.63) is 0 Å². The Morgan fingerprint density at radius 3 is 2.53 bits per heavy atom. The molecule has 1 unspecified atom stereocenters. The first-order valence-electron chi connectivity index (χ1n) is 6.15. The van der Waals surface area contributed by atoms with Gasteiger partial charge in [0, 0.05) is 19.5 Å². The number of nitrogens with one attached hydrogen (secondary N) is 2. The molecule has 0 spiro atoms. The molecular weight excluding hydrogens is 220 g/mol. The lowest BCUT2D eigenvalue weighted by molar-refractivity contribution is -0.137. The van der Waals surface area contributed by atoms with Gasteiger partial charge in [-0.15, -0.1) is 0 Å². The van der Waals surface area contributed by atoms with Crippen LogP contribution in [0, 0.1) is 11.3 Å². The summed E-state index contributed by atoms with van der Waals surface area (Å²) in [6.45, 7) is 5.34. The SMILES string of the molecule is CC(CCC(=O)O)CNC(=O)NCC1(C)CC1. The van der Waals surface area contributed by atoms with E-state index in [4.69, 9.17) is 5.11 Å². The van der Waals surface area contributed by atoms with Crippen LogP contribution >= 0.6 is 0 Å². The van der Waals surface area contributed by atoms with E-state index in [9.17, 15) is 9.59 Å². The zero-order chi connectivity index (χ0) is 12.9. The van der Waals surface area contributed by atoms with Crippen LogP contribution in [0.25, 0.3) is 0 Å². The number of aliphatic carboxylic acids is 1. The van der Waals surface area contributed by atoms with Crippen LogP contribution in [0.15, 0.2) is 0 Å². The van der Waals surface area contributed by atoms with Gasteiger partial charge in [-0.2, -0.15) is 0 Å². The van der Waals surface area contributed by atoms with Crippen LogP contribution in [0.4, 0.5) is 4.79 Å². The number of amides is 2. The first-order valence-corrected chi connectivity index (χ1v) is 6.15. The van der Waals surface area contributed by atoms with Crippen molar-refractivity contribution in [1.82, 2.24) is 10.6 Å². The van der Waals surface area contributed by atoms with E-state index in [-0.39, 0.29) is 18.4 Å². The fraction of sp³-hybridized carbons (Fsp3) is 0.833. The molecule has 0 heterocycles. The molecule has 1 rings (SSSR count). The first kappa shape index (κ1) is 13.8. The highest BCUT2D eigenvalue weighted by molar-refractivity contribution is 5.73. The van der Waals surface area contributed by atoms with Crippen LogP contribution in [0.2, 0.25) is 0 Å². The Hall–Kier alpha value is -1.26. The quantitative estimate of drug-likeness (QED) is 0.634. The van der Waals surface area contributed by atoms with E-state index in [2.05, 4.69) is 17.6 Å². The lowest BCUT2D eigenvalue weighted by atomic mass is 10.1. The van der Waals surface area contributed by atoms with E-state index in [0.29, 0.717) is 18.4 Å². The number of carbonyl (C=O) groups is 2. The van der Waals surface area contributed by atoms with Crippen LogP contribution in [0.1, 0.15) is 39.5 Å². The van der Waals surface area contributed by atoms with Crippen LogP contribution in [0.5, 0.6) is 0 Å². The van der Waals surface area contributed by atoms with Crippen molar-refractivity contribution in [2.24, 2.45) is 11.3 Å². The summed E-state index contributed by atoms with van der Waals surface area (Å²) in [7, 11) is 0. The van der Waals surface area contributed by atoms with E-state index in [1.54, 1.807) is 0 Å². The van der Waals surface area contributed by atoms with Gasteiger partial charge in [0.15, 0.2) is 0 Å². The van der Waals surface area contributed by atoms with Gasteiger partial charge in [0.05, 0.1) is 0 Å². The Kier molecular flexibility index (Phi) is 4.78. The number of rotatable bonds is 7. The summed E-state index contributed by atoms with van der Waals surface area (Å²) >= 11 is 0. The fourth-order valence-corrected chi connectivity index (χ4v) is 1.49. The lowest BCUT2D eigenvalue weighted by Gasteiger charge is -2.14. The molecule has 0 aromatic heterocycles. The van der Waals surface area contributed by atoms with Crippen LogP contribution < -0.4 is 10.6 Å². The molecule has 0 radical (unpaired) electrons. The predicted octanol–water partition coefficient (Wildman–Crippen LogP) is 1.59. The minimum Gasteiger partial charge on any atom is -0.481 e. The summed E-state index contributed by atoms with van der Waals surface area (Å²) in [6, 6.07) is -0.152. The molecule has 0 saturated heterocycles. The Balaban J connectivity index is 2.04. The predicted molar refractivity (Wildman–Crippen MR) is 64.8 cm³/mol. The highest BCUT2D eigenvalue weighted by Crippen LogP contribution is 2.43. The fourth-order valence-electron chi connectivity index (χ4n) is 1.49. The molecule has 3 N–H and O–H groups in total. The zero-order valence-electron chi connectivity index (χ0n) is 10.6. The second kappa shape index (κ2) is 5.89. The first-order chi connectivity index (χ1) is 7.91. The van der Waals surface area contributed by atoms with Crippen molar-refractivity contribution in [2.75, 3.05) is 13.1 Å². The molecule has 98 valence electrons. The smallest absolute Gasteiger partial charge is 0.314 e. The molecule has 1 aliphatic carbocycles. The van der Waals surface area contributed by atoms with Crippen molar-refractivity contribution in [3.63, 3.8) is 0 Å². The van der Waals surface area contributed by atoms with Gasteiger partial charge in [0.25, 0.3) is 0 Å². The number of carbonyl (C=O) groups excluding carboxylic acids is 1. The molecule has 0 bridgehead atoms. The normalized spacial score (nSPS) is 18.2. The molecule has 0 aromatic rings. The van der Waals surface area contributed by atoms with Crippen molar-refractivity contribution < 1.29 is 14.7 Å². The largest absolute Gasteiger partial charge is 0.481 e. The van der Waals surface area contributed by atoms with E-state index in [1.807, 2.05) is 6.92 Å². The second-order valence-electron chi connectivity index (χ2n) is 5.41. The number of hydrogen-bond acceptors (Lipinski definition) is 2. The van der Waals surface area contributed by atoms with Crippen molar-refractivity contribution in [3.8, 4) is 0 Å². The third kappa shape index (κ3) is 6.14.